The quantitative estimate of drug-likeness (QED) is 0.623. The Morgan fingerprint density at radius 1 is 1.48 bits per heavy atom. The first-order valence-corrected chi connectivity index (χ1v) is 7.43. The number of alkyl carbamates (subject to hydrolysis) is 1. The molecule has 23 heavy (non-hydrogen) atoms. The molecule has 2 heterocycles. The highest BCUT2D eigenvalue weighted by atomic mass is 16.5. The Labute approximate surface area is 134 Å². The molecule has 0 atom stereocenters. The van der Waals surface area contributed by atoms with E-state index in [-0.39, 0.29) is 23.7 Å². The number of nitrogens with zero attached hydrogens (tertiary/aromatic N) is 2. The van der Waals surface area contributed by atoms with Crippen LogP contribution < -0.4 is 16.0 Å². The summed E-state index contributed by atoms with van der Waals surface area (Å²) in [6.45, 7) is 2.24. The Balaban J connectivity index is 1.69. The van der Waals surface area contributed by atoms with Crippen LogP contribution in [-0.4, -0.2) is 68.4 Å². The zero-order chi connectivity index (χ0) is 16.9. The van der Waals surface area contributed by atoms with Crippen molar-refractivity contribution < 1.29 is 18.8 Å². The van der Waals surface area contributed by atoms with Gasteiger partial charge in [-0.1, -0.05) is 5.16 Å². The molecule has 9 heteroatoms. The van der Waals surface area contributed by atoms with Gasteiger partial charge in [-0.3, -0.25) is 4.79 Å². The van der Waals surface area contributed by atoms with Crippen LogP contribution in [0, 0.1) is 0 Å². The number of hydrogen-bond donors (Lipinski definition) is 3. The summed E-state index contributed by atoms with van der Waals surface area (Å²) in [5.74, 6) is 0.0409. The van der Waals surface area contributed by atoms with E-state index in [4.69, 9.17) is 9.26 Å². The second-order valence-corrected chi connectivity index (χ2v) is 5.72. The van der Waals surface area contributed by atoms with Gasteiger partial charge < -0.3 is 30.1 Å². The Kier molecular flexibility index (Phi) is 5.56. The molecule has 2 rings (SSSR count). The lowest BCUT2D eigenvalue weighted by atomic mass is 9.88. The predicted octanol–water partition coefficient (Wildman–Crippen LogP) is -0.446. The number of carbonyl (C=O) groups is 2. The van der Waals surface area contributed by atoms with Crippen LogP contribution in [0.2, 0.25) is 0 Å². The summed E-state index contributed by atoms with van der Waals surface area (Å²) in [7, 11) is 5.55. The van der Waals surface area contributed by atoms with Crippen molar-refractivity contribution >= 4 is 12.0 Å². The zero-order valence-electron chi connectivity index (χ0n) is 13.6. The highest BCUT2D eigenvalue weighted by Gasteiger charge is 2.38. The minimum atomic E-state index is -0.524. The minimum Gasteiger partial charge on any atom is -0.449 e. The van der Waals surface area contributed by atoms with Crippen molar-refractivity contribution in [2.24, 2.45) is 0 Å². The van der Waals surface area contributed by atoms with Crippen molar-refractivity contribution in [2.45, 2.75) is 18.5 Å². The van der Waals surface area contributed by atoms with Crippen LogP contribution in [0.1, 0.15) is 22.7 Å². The van der Waals surface area contributed by atoms with Gasteiger partial charge in [0.05, 0.1) is 13.2 Å². The molecule has 9 nitrogen and oxygen atoms in total. The first-order valence-electron chi connectivity index (χ1n) is 7.43. The van der Waals surface area contributed by atoms with Crippen LogP contribution in [-0.2, 0) is 11.3 Å². The van der Waals surface area contributed by atoms with Crippen molar-refractivity contribution in [1.82, 2.24) is 26.0 Å². The highest BCUT2D eigenvalue weighted by Crippen LogP contribution is 2.21. The molecule has 0 aromatic carbocycles. The average Bonchev–Trinajstić information content (AvgIpc) is 2.95. The Bertz CT molecular complexity index is 553. The maximum Gasteiger partial charge on any atom is 0.407 e. The summed E-state index contributed by atoms with van der Waals surface area (Å²) >= 11 is 0. The van der Waals surface area contributed by atoms with Crippen molar-refractivity contribution in [3.63, 3.8) is 0 Å². The summed E-state index contributed by atoms with van der Waals surface area (Å²) in [4.78, 5) is 25.2. The van der Waals surface area contributed by atoms with Gasteiger partial charge in [0.25, 0.3) is 5.91 Å². The second-order valence-electron chi connectivity index (χ2n) is 5.72. The number of hydrogen-bond acceptors (Lipinski definition) is 7. The number of carbonyl (C=O) groups excluding carboxylic acids is 2. The molecule has 0 unspecified atom stereocenters. The van der Waals surface area contributed by atoms with Crippen LogP contribution >= 0.6 is 0 Å². The summed E-state index contributed by atoms with van der Waals surface area (Å²) in [6, 6.07) is 1.47. The third-order valence-electron chi connectivity index (χ3n) is 4.08. The highest BCUT2D eigenvalue weighted by molar-refractivity contribution is 5.91. The molecule has 1 aromatic heterocycles. The third kappa shape index (κ3) is 4.20. The standard InChI is InChI=1S/C14H23N5O4/c1-15-12(20)11-6-10(23-18-11)7-17-13(21)22-5-4-14(19(2)3)8-16-9-14/h6,16H,4-5,7-9H2,1-3H3,(H,15,20)(H,17,21). The average molecular weight is 325 g/mol. The molecule has 128 valence electrons. The first-order chi connectivity index (χ1) is 11.0. The number of rotatable bonds is 7. The van der Waals surface area contributed by atoms with Crippen LogP contribution in [0.15, 0.2) is 10.6 Å². The van der Waals surface area contributed by atoms with Crippen molar-refractivity contribution in [1.29, 1.82) is 0 Å². The van der Waals surface area contributed by atoms with E-state index in [1.54, 1.807) is 0 Å². The molecule has 0 aliphatic carbocycles. The van der Waals surface area contributed by atoms with Crippen LogP contribution in [0.4, 0.5) is 4.79 Å². The fourth-order valence-electron chi connectivity index (χ4n) is 2.31. The number of likely N-dealkylation sites (N-methyl/N-ethyl adjacent to an activating group) is 1. The summed E-state index contributed by atoms with van der Waals surface area (Å²) in [5.41, 5.74) is 0.233. The third-order valence-corrected chi connectivity index (χ3v) is 4.08. The lowest BCUT2D eigenvalue weighted by Crippen LogP contribution is -2.67. The molecule has 1 aliphatic rings. The summed E-state index contributed by atoms with van der Waals surface area (Å²) in [5, 5.41) is 11.8. The molecule has 0 saturated carbocycles. The van der Waals surface area contributed by atoms with Gasteiger partial charge in [-0.25, -0.2) is 4.79 Å². The number of aromatic nitrogens is 1. The molecule has 1 aromatic rings. The first kappa shape index (κ1) is 17.2. The van der Waals surface area contributed by atoms with E-state index >= 15 is 0 Å². The fourth-order valence-corrected chi connectivity index (χ4v) is 2.31. The van der Waals surface area contributed by atoms with Crippen LogP contribution in [0.5, 0.6) is 0 Å². The molecule has 1 saturated heterocycles. The molecular formula is C14H23N5O4. The van der Waals surface area contributed by atoms with Gasteiger partial charge in [0.2, 0.25) is 0 Å². The number of nitrogens with one attached hydrogen (secondary N) is 3. The molecule has 0 radical (unpaired) electrons. The largest absolute Gasteiger partial charge is 0.449 e. The topological polar surface area (TPSA) is 109 Å². The monoisotopic (exact) mass is 325 g/mol. The molecule has 2 amide bonds. The zero-order valence-corrected chi connectivity index (χ0v) is 13.6. The SMILES string of the molecule is CNC(=O)c1cc(CNC(=O)OCCC2(N(C)C)CNC2)on1. The smallest absolute Gasteiger partial charge is 0.407 e. The van der Waals surface area contributed by atoms with Gasteiger partial charge in [-0.15, -0.1) is 0 Å². The van der Waals surface area contributed by atoms with E-state index in [2.05, 4.69) is 26.0 Å². The Morgan fingerprint density at radius 2 is 2.22 bits per heavy atom. The lowest BCUT2D eigenvalue weighted by Gasteiger charge is -2.47. The van der Waals surface area contributed by atoms with E-state index in [0.29, 0.717) is 12.4 Å². The van der Waals surface area contributed by atoms with Crippen LogP contribution in [0.25, 0.3) is 0 Å². The van der Waals surface area contributed by atoms with Crippen molar-refractivity contribution in [3.8, 4) is 0 Å². The summed E-state index contributed by atoms with van der Waals surface area (Å²) < 4.78 is 10.1. The maximum absolute atomic E-state index is 11.7. The lowest BCUT2D eigenvalue weighted by molar-refractivity contribution is 0.0483. The van der Waals surface area contributed by atoms with Gasteiger partial charge in [0, 0.05) is 38.2 Å². The van der Waals surface area contributed by atoms with E-state index in [1.807, 2.05) is 14.1 Å². The van der Waals surface area contributed by atoms with Gasteiger partial charge in [0.1, 0.15) is 0 Å². The molecule has 1 aliphatic heterocycles. The van der Waals surface area contributed by atoms with Gasteiger partial charge in [0.15, 0.2) is 11.5 Å². The second kappa shape index (κ2) is 7.42. The molecule has 0 bridgehead atoms. The number of amides is 2. The molecule has 0 spiro atoms. The molecule has 1 fully saturated rings. The van der Waals surface area contributed by atoms with Gasteiger partial charge >= 0.3 is 6.09 Å². The maximum atomic E-state index is 11.7. The minimum absolute atomic E-state index is 0.0631. The predicted molar refractivity (Wildman–Crippen MR) is 82.0 cm³/mol. The van der Waals surface area contributed by atoms with Crippen molar-refractivity contribution in [2.75, 3.05) is 40.8 Å². The van der Waals surface area contributed by atoms with Gasteiger partial charge in [-0.2, -0.15) is 0 Å². The normalized spacial score (nSPS) is 15.8. The van der Waals surface area contributed by atoms with Gasteiger partial charge in [-0.05, 0) is 14.1 Å². The number of ether oxygens (including phenoxy) is 1. The van der Waals surface area contributed by atoms with Crippen LogP contribution in [0.3, 0.4) is 0 Å². The molecule has 3 N–H and O–H groups in total. The van der Waals surface area contributed by atoms with E-state index < -0.39 is 6.09 Å². The Morgan fingerprint density at radius 3 is 2.78 bits per heavy atom. The van der Waals surface area contributed by atoms with Crippen molar-refractivity contribution in [3.05, 3.63) is 17.5 Å². The fraction of sp³-hybridized carbons (Fsp3) is 0.643. The van der Waals surface area contributed by atoms with E-state index in [1.165, 1.54) is 13.1 Å². The van der Waals surface area contributed by atoms with E-state index in [9.17, 15) is 9.59 Å². The Hall–Kier alpha value is -2.13. The van der Waals surface area contributed by atoms with E-state index in [0.717, 1.165) is 19.5 Å². The molecular weight excluding hydrogens is 302 g/mol. The summed E-state index contributed by atoms with van der Waals surface area (Å²) in [6.07, 6.45) is 0.243.